The zero-order chi connectivity index (χ0) is 18.4. The Balaban J connectivity index is 1.97. The molecule has 0 bridgehead atoms. The molecule has 0 amide bonds. The third kappa shape index (κ3) is 5.89. The van der Waals surface area contributed by atoms with Crippen LogP contribution < -0.4 is 4.72 Å². The van der Waals surface area contributed by atoms with Crippen molar-refractivity contribution in [2.24, 2.45) is 0 Å². The summed E-state index contributed by atoms with van der Waals surface area (Å²) in [5.74, 6) is -0.851. The van der Waals surface area contributed by atoms with Gasteiger partial charge in [-0.25, -0.2) is 13.1 Å². The van der Waals surface area contributed by atoms with E-state index in [1.807, 2.05) is 0 Å². The standard InChI is InChI=1S/C17H16ClNO4S2/c18-14-6-8-15(9-7-14)25(22,23)19-11-16(24)13-4-1-12(2-5-13)3-10-17(20)21/h1-2,4-9,19H,3,10-11H2,(H,20,21). The summed E-state index contributed by atoms with van der Waals surface area (Å²) in [6.07, 6.45) is 0.496. The minimum absolute atomic E-state index is 0.00519. The van der Waals surface area contributed by atoms with E-state index in [0.717, 1.165) is 5.56 Å². The molecule has 0 saturated carbocycles. The number of hydrogen-bond acceptors (Lipinski definition) is 4. The molecule has 0 aliphatic heterocycles. The van der Waals surface area contributed by atoms with Gasteiger partial charge < -0.3 is 5.11 Å². The first-order chi connectivity index (χ1) is 11.8. The highest BCUT2D eigenvalue weighted by Crippen LogP contribution is 2.14. The van der Waals surface area contributed by atoms with Crippen LogP contribution in [0.3, 0.4) is 0 Å². The van der Waals surface area contributed by atoms with Crippen molar-refractivity contribution in [3.05, 3.63) is 64.7 Å². The Hall–Kier alpha value is -1.80. The minimum atomic E-state index is -3.67. The first kappa shape index (κ1) is 19.5. The molecule has 0 atom stereocenters. The number of carboxylic acid groups (broad SMARTS) is 1. The van der Waals surface area contributed by atoms with Crippen LogP contribution in [0, 0.1) is 0 Å². The van der Waals surface area contributed by atoms with Crippen LogP contribution in [0.15, 0.2) is 53.4 Å². The van der Waals surface area contributed by atoms with Gasteiger partial charge in [0.05, 0.1) is 4.90 Å². The Bertz CT molecular complexity index is 863. The summed E-state index contributed by atoms with van der Waals surface area (Å²) in [7, 11) is -3.67. The summed E-state index contributed by atoms with van der Waals surface area (Å²) < 4.78 is 26.9. The first-order valence-corrected chi connectivity index (χ1v) is 9.64. The lowest BCUT2D eigenvalue weighted by Gasteiger charge is -2.09. The normalized spacial score (nSPS) is 11.2. The van der Waals surface area contributed by atoms with Crippen LogP contribution in [0.5, 0.6) is 0 Å². The van der Waals surface area contributed by atoms with Crippen molar-refractivity contribution in [1.82, 2.24) is 4.72 Å². The Morgan fingerprint density at radius 2 is 1.68 bits per heavy atom. The molecule has 2 aromatic carbocycles. The maximum atomic E-state index is 12.2. The summed E-state index contributed by atoms with van der Waals surface area (Å²) in [5, 5.41) is 9.14. The van der Waals surface area contributed by atoms with Crippen molar-refractivity contribution in [2.45, 2.75) is 17.7 Å². The van der Waals surface area contributed by atoms with Gasteiger partial charge in [0.1, 0.15) is 0 Å². The lowest BCUT2D eigenvalue weighted by Crippen LogP contribution is -2.29. The van der Waals surface area contributed by atoms with Gasteiger partial charge in [0.2, 0.25) is 10.0 Å². The molecular formula is C17H16ClNO4S2. The molecule has 25 heavy (non-hydrogen) atoms. The van der Waals surface area contributed by atoms with Crippen LogP contribution >= 0.6 is 23.8 Å². The predicted molar refractivity (Wildman–Crippen MR) is 101 cm³/mol. The van der Waals surface area contributed by atoms with Gasteiger partial charge in [-0.3, -0.25) is 4.79 Å². The summed E-state index contributed by atoms with van der Waals surface area (Å²) in [6.45, 7) is -0.00519. The molecule has 132 valence electrons. The summed E-state index contributed by atoms with van der Waals surface area (Å²) >= 11 is 11.0. The maximum absolute atomic E-state index is 12.2. The Morgan fingerprint density at radius 1 is 1.08 bits per heavy atom. The largest absolute Gasteiger partial charge is 0.481 e. The zero-order valence-electron chi connectivity index (χ0n) is 13.1. The molecule has 2 rings (SSSR count). The number of nitrogens with one attached hydrogen (secondary N) is 1. The number of carboxylic acids is 1. The van der Waals surface area contributed by atoms with Crippen LogP contribution in [0.1, 0.15) is 17.5 Å². The van der Waals surface area contributed by atoms with Crippen LogP contribution in [0.4, 0.5) is 0 Å². The molecule has 0 heterocycles. The molecule has 0 aliphatic carbocycles. The van der Waals surface area contributed by atoms with Crippen LogP contribution in [0.2, 0.25) is 5.02 Å². The average Bonchev–Trinajstić information content (AvgIpc) is 2.59. The predicted octanol–water partition coefficient (Wildman–Crippen LogP) is 3.05. The molecule has 8 heteroatoms. The van der Waals surface area contributed by atoms with Crippen molar-refractivity contribution in [3.8, 4) is 0 Å². The lowest BCUT2D eigenvalue weighted by atomic mass is 10.1. The molecule has 0 radical (unpaired) electrons. The fourth-order valence-corrected chi connectivity index (χ4v) is 3.49. The number of aryl methyl sites for hydroxylation is 1. The Morgan fingerprint density at radius 3 is 2.24 bits per heavy atom. The highest BCUT2D eigenvalue weighted by molar-refractivity contribution is 7.89. The summed E-state index contributed by atoms with van der Waals surface area (Å²) in [5.41, 5.74) is 1.60. The van der Waals surface area contributed by atoms with Gasteiger partial charge in [0.25, 0.3) is 0 Å². The molecule has 0 aliphatic rings. The molecule has 2 N–H and O–H groups in total. The van der Waals surface area contributed by atoms with E-state index < -0.39 is 16.0 Å². The SMILES string of the molecule is O=C(O)CCc1ccc(C(=S)CNS(=O)(=O)c2ccc(Cl)cc2)cc1. The van der Waals surface area contributed by atoms with Crippen molar-refractivity contribution in [2.75, 3.05) is 6.54 Å². The number of halogens is 1. The minimum Gasteiger partial charge on any atom is -0.481 e. The molecular weight excluding hydrogens is 382 g/mol. The average molecular weight is 398 g/mol. The van der Waals surface area contributed by atoms with E-state index in [1.54, 1.807) is 24.3 Å². The number of aliphatic carboxylic acids is 1. The molecule has 5 nitrogen and oxygen atoms in total. The summed E-state index contributed by atoms with van der Waals surface area (Å²) in [6, 6.07) is 13.0. The highest BCUT2D eigenvalue weighted by atomic mass is 35.5. The van der Waals surface area contributed by atoms with Crippen LogP contribution in [0.25, 0.3) is 0 Å². The molecule has 0 aromatic heterocycles. The lowest BCUT2D eigenvalue weighted by molar-refractivity contribution is -0.136. The smallest absolute Gasteiger partial charge is 0.303 e. The van der Waals surface area contributed by atoms with Crippen molar-refractivity contribution < 1.29 is 18.3 Å². The van der Waals surface area contributed by atoms with Crippen LogP contribution in [-0.2, 0) is 21.2 Å². The van der Waals surface area contributed by atoms with E-state index in [4.69, 9.17) is 28.9 Å². The van der Waals surface area contributed by atoms with Gasteiger partial charge in [-0.05, 0) is 41.8 Å². The topological polar surface area (TPSA) is 83.5 Å². The van der Waals surface area contributed by atoms with Crippen molar-refractivity contribution >= 4 is 44.7 Å². The number of rotatable bonds is 8. The van der Waals surface area contributed by atoms with E-state index in [-0.39, 0.29) is 17.9 Å². The second-order valence-corrected chi connectivity index (χ2v) is 7.99. The number of hydrogen-bond donors (Lipinski definition) is 2. The first-order valence-electron chi connectivity index (χ1n) is 7.37. The Kier molecular flexibility index (Phi) is 6.66. The van der Waals surface area contributed by atoms with Gasteiger partial charge in [-0.2, -0.15) is 0 Å². The molecule has 0 saturated heterocycles. The van der Waals surface area contributed by atoms with E-state index in [2.05, 4.69) is 4.72 Å². The fraction of sp³-hybridized carbons (Fsp3) is 0.176. The highest BCUT2D eigenvalue weighted by Gasteiger charge is 2.14. The van der Waals surface area contributed by atoms with E-state index >= 15 is 0 Å². The van der Waals surface area contributed by atoms with E-state index in [1.165, 1.54) is 24.3 Å². The van der Waals surface area contributed by atoms with Gasteiger partial charge in [0, 0.05) is 22.9 Å². The number of carbonyl (C=O) groups is 1. The van der Waals surface area contributed by atoms with Gasteiger partial charge in [0.15, 0.2) is 0 Å². The number of sulfonamides is 1. The fourth-order valence-electron chi connectivity index (χ4n) is 2.07. The van der Waals surface area contributed by atoms with Gasteiger partial charge in [-0.15, -0.1) is 0 Å². The van der Waals surface area contributed by atoms with E-state index in [0.29, 0.717) is 21.9 Å². The van der Waals surface area contributed by atoms with Crippen LogP contribution in [-0.4, -0.2) is 30.9 Å². The zero-order valence-corrected chi connectivity index (χ0v) is 15.5. The second-order valence-electron chi connectivity index (χ2n) is 5.29. The van der Waals surface area contributed by atoms with E-state index in [9.17, 15) is 13.2 Å². The number of benzene rings is 2. The molecule has 0 spiro atoms. The van der Waals surface area contributed by atoms with Crippen molar-refractivity contribution in [3.63, 3.8) is 0 Å². The van der Waals surface area contributed by atoms with Crippen molar-refractivity contribution in [1.29, 1.82) is 0 Å². The molecule has 2 aromatic rings. The monoisotopic (exact) mass is 397 g/mol. The summed E-state index contributed by atoms with van der Waals surface area (Å²) in [4.78, 5) is 11.1. The quantitative estimate of drug-likeness (QED) is 0.528. The maximum Gasteiger partial charge on any atom is 0.303 e. The molecule has 0 fully saturated rings. The van der Waals surface area contributed by atoms with Gasteiger partial charge in [-0.1, -0.05) is 48.1 Å². The molecule has 0 unspecified atom stereocenters. The Labute approximate surface area is 156 Å². The third-order valence-corrected chi connectivity index (χ3v) is 5.50. The second kappa shape index (κ2) is 8.53. The van der Waals surface area contributed by atoms with Gasteiger partial charge >= 0.3 is 5.97 Å². The number of thiocarbonyl (C=S) groups is 1. The third-order valence-electron chi connectivity index (χ3n) is 3.45.